The van der Waals surface area contributed by atoms with Crippen molar-refractivity contribution in [2.24, 2.45) is 0 Å². The third-order valence-electron chi connectivity index (χ3n) is 2.46. The number of halogens is 1. The van der Waals surface area contributed by atoms with Crippen molar-refractivity contribution in [2.75, 3.05) is 3.11 Å². The molecule has 2 heteroatoms. The maximum atomic E-state index is 2.34. The molecule has 0 fully saturated rings. The van der Waals surface area contributed by atoms with Crippen molar-refractivity contribution in [1.82, 2.24) is 0 Å². The van der Waals surface area contributed by atoms with Crippen LogP contribution in [-0.2, 0) is 0 Å². The molecule has 0 saturated carbocycles. The average molecular weight is 323 g/mol. The molecule has 2 aromatic rings. The molecule has 0 aromatic heterocycles. The van der Waals surface area contributed by atoms with E-state index in [9.17, 15) is 0 Å². The van der Waals surface area contributed by atoms with Gasteiger partial charge in [-0.05, 0) is 49.2 Å². The van der Waals surface area contributed by atoms with Crippen molar-refractivity contribution in [3.63, 3.8) is 0 Å². The minimum atomic E-state index is 1.21. The molecule has 1 nitrogen and oxygen atoms in total. The normalized spacial score (nSPS) is 10.2. The Morgan fingerprint density at radius 1 is 0.812 bits per heavy atom. The monoisotopic (exact) mass is 323 g/mol. The van der Waals surface area contributed by atoms with Crippen LogP contribution >= 0.6 is 22.9 Å². The molecule has 0 bridgehead atoms. The summed E-state index contributed by atoms with van der Waals surface area (Å²) < 4.78 is 2.18. The van der Waals surface area contributed by atoms with Crippen LogP contribution in [0.4, 0.5) is 11.4 Å². The predicted molar refractivity (Wildman–Crippen MR) is 78.5 cm³/mol. The predicted octanol–water partition coefficient (Wildman–Crippen LogP) is 4.79. The standard InChI is InChI=1S/C14H14IN/c1-11-5-3-7-13(9-11)16(15)14-8-4-6-12(2)10-14/h3-10H,1-2H3. The van der Waals surface area contributed by atoms with Gasteiger partial charge in [0.15, 0.2) is 0 Å². The van der Waals surface area contributed by atoms with Crippen molar-refractivity contribution in [3.05, 3.63) is 59.7 Å². The summed E-state index contributed by atoms with van der Waals surface area (Å²) in [5.41, 5.74) is 5.00. The van der Waals surface area contributed by atoms with Crippen molar-refractivity contribution in [2.45, 2.75) is 13.8 Å². The Labute approximate surface area is 111 Å². The van der Waals surface area contributed by atoms with Crippen molar-refractivity contribution >= 4 is 34.2 Å². The van der Waals surface area contributed by atoms with E-state index in [1.165, 1.54) is 22.5 Å². The maximum absolute atomic E-state index is 2.34. The van der Waals surface area contributed by atoms with E-state index in [4.69, 9.17) is 0 Å². The molecule has 82 valence electrons. The molecule has 0 unspecified atom stereocenters. The molecule has 0 N–H and O–H groups in total. The van der Waals surface area contributed by atoms with E-state index in [2.05, 4.69) is 88.4 Å². The molecule has 2 rings (SSSR count). The van der Waals surface area contributed by atoms with Crippen LogP contribution in [-0.4, -0.2) is 0 Å². The lowest BCUT2D eigenvalue weighted by molar-refractivity contribution is 1.39. The molecular formula is C14H14IN. The fourth-order valence-electron chi connectivity index (χ4n) is 1.65. The zero-order valence-corrected chi connectivity index (χ0v) is 11.6. The van der Waals surface area contributed by atoms with Crippen LogP contribution in [0.1, 0.15) is 11.1 Å². The molecule has 0 radical (unpaired) electrons. The highest BCUT2D eigenvalue weighted by molar-refractivity contribution is 14.1. The highest BCUT2D eigenvalue weighted by Crippen LogP contribution is 2.30. The van der Waals surface area contributed by atoms with Crippen LogP contribution in [0.5, 0.6) is 0 Å². The first-order valence-electron chi connectivity index (χ1n) is 5.26. The van der Waals surface area contributed by atoms with E-state index in [-0.39, 0.29) is 0 Å². The topological polar surface area (TPSA) is 3.24 Å². The number of hydrogen-bond donors (Lipinski definition) is 0. The van der Waals surface area contributed by atoms with Gasteiger partial charge in [-0.25, -0.2) is 0 Å². The second-order valence-corrected chi connectivity index (χ2v) is 4.92. The van der Waals surface area contributed by atoms with Gasteiger partial charge in [-0.1, -0.05) is 24.3 Å². The summed E-state index contributed by atoms with van der Waals surface area (Å²) in [6.07, 6.45) is 0. The van der Waals surface area contributed by atoms with Gasteiger partial charge in [-0.3, -0.25) is 3.11 Å². The molecule has 0 aliphatic carbocycles. The van der Waals surface area contributed by atoms with E-state index in [0.717, 1.165) is 0 Å². The summed E-state index contributed by atoms with van der Waals surface area (Å²) in [6.45, 7) is 4.23. The Morgan fingerprint density at radius 3 is 1.62 bits per heavy atom. The minimum absolute atomic E-state index is 1.21. The summed E-state index contributed by atoms with van der Waals surface area (Å²) >= 11 is 2.34. The first-order valence-corrected chi connectivity index (χ1v) is 6.22. The fraction of sp³-hybridized carbons (Fsp3) is 0.143. The molecule has 0 saturated heterocycles. The number of aryl methyl sites for hydroxylation is 2. The molecule has 0 atom stereocenters. The van der Waals surface area contributed by atoms with E-state index >= 15 is 0 Å². The highest BCUT2D eigenvalue weighted by Gasteiger charge is 2.05. The summed E-state index contributed by atoms with van der Waals surface area (Å²) in [6, 6.07) is 17.0. The summed E-state index contributed by atoms with van der Waals surface area (Å²) in [7, 11) is 0. The van der Waals surface area contributed by atoms with Gasteiger partial charge in [0.2, 0.25) is 0 Å². The molecule has 0 spiro atoms. The fourth-order valence-corrected chi connectivity index (χ4v) is 2.25. The first kappa shape index (κ1) is 11.5. The number of benzene rings is 2. The summed E-state index contributed by atoms with van der Waals surface area (Å²) in [4.78, 5) is 0. The van der Waals surface area contributed by atoms with Crippen molar-refractivity contribution in [3.8, 4) is 0 Å². The van der Waals surface area contributed by atoms with Gasteiger partial charge in [0.05, 0.1) is 34.2 Å². The van der Waals surface area contributed by atoms with Gasteiger partial charge in [0.1, 0.15) is 0 Å². The SMILES string of the molecule is Cc1cccc(N(I)c2cccc(C)c2)c1. The van der Waals surface area contributed by atoms with E-state index < -0.39 is 0 Å². The van der Waals surface area contributed by atoms with Crippen LogP contribution in [0.2, 0.25) is 0 Å². The van der Waals surface area contributed by atoms with Crippen molar-refractivity contribution in [1.29, 1.82) is 0 Å². The average Bonchev–Trinajstić information content (AvgIpc) is 2.28. The summed E-state index contributed by atoms with van der Waals surface area (Å²) in [5.74, 6) is 0. The molecule has 0 aliphatic heterocycles. The lowest BCUT2D eigenvalue weighted by atomic mass is 10.2. The second-order valence-electron chi connectivity index (χ2n) is 3.96. The zero-order valence-electron chi connectivity index (χ0n) is 9.44. The number of nitrogens with zero attached hydrogens (tertiary/aromatic N) is 1. The van der Waals surface area contributed by atoms with E-state index in [0.29, 0.717) is 0 Å². The van der Waals surface area contributed by atoms with Gasteiger partial charge >= 0.3 is 0 Å². The van der Waals surface area contributed by atoms with Crippen LogP contribution in [0, 0.1) is 13.8 Å². The Balaban J connectivity index is 2.35. The number of rotatable bonds is 2. The third-order valence-corrected chi connectivity index (χ3v) is 3.57. The molecule has 16 heavy (non-hydrogen) atoms. The van der Waals surface area contributed by atoms with Crippen molar-refractivity contribution < 1.29 is 0 Å². The van der Waals surface area contributed by atoms with Gasteiger partial charge in [-0.15, -0.1) is 0 Å². The summed E-state index contributed by atoms with van der Waals surface area (Å²) in [5, 5.41) is 0. The number of anilines is 2. The van der Waals surface area contributed by atoms with Crippen LogP contribution < -0.4 is 3.11 Å². The molecule has 0 aliphatic rings. The highest BCUT2D eigenvalue weighted by atomic mass is 127. The lowest BCUT2D eigenvalue weighted by Gasteiger charge is -2.17. The third kappa shape index (κ3) is 2.55. The van der Waals surface area contributed by atoms with Gasteiger partial charge < -0.3 is 0 Å². The molecular weight excluding hydrogens is 309 g/mol. The Kier molecular flexibility index (Phi) is 3.49. The minimum Gasteiger partial charge on any atom is -0.283 e. The van der Waals surface area contributed by atoms with Crippen LogP contribution in [0.15, 0.2) is 48.5 Å². The molecule has 0 amide bonds. The second kappa shape index (κ2) is 4.87. The smallest absolute Gasteiger partial charge is 0.0646 e. The first-order chi connectivity index (χ1) is 7.66. The quantitative estimate of drug-likeness (QED) is 0.567. The van der Waals surface area contributed by atoms with Crippen LogP contribution in [0.3, 0.4) is 0 Å². The van der Waals surface area contributed by atoms with E-state index in [1.54, 1.807) is 0 Å². The van der Waals surface area contributed by atoms with Crippen LogP contribution in [0.25, 0.3) is 0 Å². The van der Waals surface area contributed by atoms with Gasteiger partial charge in [0.25, 0.3) is 0 Å². The van der Waals surface area contributed by atoms with Gasteiger partial charge in [-0.2, -0.15) is 0 Å². The maximum Gasteiger partial charge on any atom is 0.0646 e. The molecule has 2 aromatic carbocycles. The Bertz CT molecular complexity index is 448. The molecule has 0 heterocycles. The lowest BCUT2D eigenvalue weighted by Crippen LogP contribution is -2.00. The van der Waals surface area contributed by atoms with Gasteiger partial charge in [0, 0.05) is 0 Å². The Morgan fingerprint density at radius 2 is 1.25 bits per heavy atom. The number of hydrogen-bond acceptors (Lipinski definition) is 1. The zero-order chi connectivity index (χ0) is 11.5. The Hall–Kier alpha value is -1.03. The van der Waals surface area contributed by atoms with E-state index in [1.807, 2.05) is 0 Å². The largest absolute Gasteiger partial charge is 0.283 e.